The molecule has 8 nitrogen and oxygen atoms in total. The van der Waals surface area contributed by atoms with Gasteiger partial charge in [-0.25, -0.2) is 0 Å². The highest BCUT2D eigenvalue weighted by molar-refractivity contribution is 7.45. The maximum absolute atomic E-state index is 12.6. The molecule has 49 heavy (non-hydrogen) atoms. The van der Waals surface area contributed by atoms with Gasteiger partial charge in [-0.2, -0.15) is 0 Å². The number of allylic oxidation sites excluding steroid dienone is 3. The van der Waals surface area contributed by atoms with E-state index in [-0.39, 0.29) is 32.2 Å². The number of carbonyl (C=O) groups is 1. The van der Waals surface area contributed by atoms with Crippen LogP contribution in [-0.2, 0) is 27.9 Å². The maximum atomic E-state index is 12.6. The minimum absolute atomic E-state index is 0.0162. The van der Waals surface area contributed by atoms with E-state index in [2.05, 4.69) is 26.0 Å². The first kappa shape index (κ1) is 47.8. The molecule has 0 aromatic rings. The van der Waals surface area contributed by atoms with Crippen molar-refractivity contribution in [3.05, 3.63) is 24.5 Å². The van der Waals surface area contributed by atoms with Crippen molar-refractivity contribution in [2.75, 3.05) is 47.5 Å². The lowest BCUT2D eigenvalue weighted by molar-refractivity contribution is -0.870. The summed E-state index contributed by atoms with van der Waals surface area (Å²) in [7, 11) is 1.32. The molecule has 0 aliphatic rings. The minimum Gasteiger partial charge on any atom is -0.756 e. The van der Waals surface area contributed by atoms with Crippen molar-refractivity contribution >= 4 is 13.8 Å². The van der Waals surface area contributed by atoms with Gasteiger partial charge in [0.2, 0.25) is 0 Å². The Morgan fingerprint density at radius 2 is 1.10 bits per heavy atom. The monoisotopic (exact) mass is 716 g/mol. The third-order valence-electron chi connectivity index (χ3n) is 8.57. The summed E-state index contributed by atoms with van der Waals surface area (Å²) in [4.78, 5) is 24.9. The summed E-state index contributed by atoms with van der Waals surface area (Å²) >= 11 is 0. The van der Waals surface area contributed by atoms with Crippen LogP contribution in [0.2, 0.25) is 0 Å². The van der Waals surface area contributed by atoms with Crippen molar-refractivity contribution in [2.24, 2.45) is 0 Å². The van der Waals surface area contributed by atoms with Gasteiger partial charge in [-0.1, -0.05) is 142 Å². The molecule has 0 spiro atoms. The maximum Gasteiger partial charge on any atom is 0.306 e. The van der Waals surface area contributed by atoms with Gasteiger partial charge in [0.15, 0.2) is 6.10 Å². The normalized spacial score (nSPS) is 14.1. The van der Waals surface area contributed by atoms with E-state index in [9.17, 15) is 14.3 Å². The molecule has 9 heteroatoms. The van der Waals surface area contributed by atoms with Crippen LogP contribution in [0.15, 0.2) is 24.5 Å². The smallest absolute Gasteiger partial charge is 0.306 e. The van der Waals surface area contributed by atoms with Gasteiger partial charge in [0.05, 0.1) is 34.0 Å². The summed E-state index contributed by atoms with van der Waals surface area (Å²) in [5, 5.41) is 0. The summed E-state index contributed by atoms with van der Waals surface area (Å²) in [6, 6.07) is 0. The number of carbonyl (C=O) groups excluding carboxylic acids is 1. The molecule has 0 aliphatic carbocycles. The molecule has 0 fully saturated rings. The summed E-state index contributed by atoms with van der Waals surface area (Å²) < 4.78 is 34.2. The second-order valence-corrected chi connectivity index (χ2v) is 16.1. The van der Waals surface area contributed by atoms with Crippen LogP contribution in [0.3, 0.4) is 0 Å². The van der Waals surface area contributed by atoms with Gasteiger partial charge < -0.3 is 27.9 Å². The number of quaternary nitrogens is 1. The molecule has 0 amide bonds. The Labute approximate surface area is 303 Å². The predicted molar refractivity (Wildman–Crippen MR) is 203 cm³/mol. The van der Waals surface area contributed by atoms with Crippen molar-refractivity contribution in [2.45, 2.75) is 180 Å². The molecular formula is C40H78NO7P. The van der Waals surface area contributed by atoms with Crippen LogP contribution in [-0.4, -0.2) is 64.1 Å². The highest BCUT2D eigenvalue weighted by Gasteiger charge is 2.20. The highest BCUT2D eigenvalue weighted by atomic mass is 31.2. The number of phosphoric ester groups is 1. The summed E-state index contributed by atoms with van der Waals surface area (Å²) in [5.74, 6) is -0.367. The van der Waals surface area contributed by atoms with Crippen molar-refractivity contribution in [1.82, 2.24) is 0 Å². The Morgan fingerprint density at radius 3 is 1.63 bits per heavy atom. The van der Waals surface area contributed by atoms with E-state index in [4.69, 9.17) is 18.5 Å². The second kappa shape index (κ2) is 33.9. The Balaban J connectivity index is 4.31. The molecule has 0 aliphatic heterocycles. The van der Waals surface area contributed by atoms with E-state index in [1.165, 1.54) is 109 Å². The van der Waals surface area contributed by atoms with Crippen molar-refractivity contribution < 1.29 is 37.3 Å². The molecule has 0 aromatic carbocycles. The van der Waals surface area contributed by atoms with E-state index >= 15 is 0 Å². The molecular weight excluding hydrogens is 637 g/mol. The second-order valence-electron chi connectivity index (χ2n) is 14.7. The topological polar surface area (TPSA) is 94.1 Å². The number of ether oxygens (including phenoxy) is 2. The van der Waals surface area contributed by atoms with Crippen molar-refractivity contribution in [3.8, 4) is 0 Å². The van der Waals surface area contributed by atoms with Crippen molar-refractivity contribution in [3.63, 3.8) is 0 Å². The van der Waals surface area contributed by atoms with Gasteiger partial charge in [0.25, 0.3) is 7.82 Å². The van der Waals surface area contributed by atoms with Crippen LogP contribution >= 0.6 is 7.82 Å². The number of phosphoric acid groups is 1. The Morgan fingerprint density at radius 1 is 0.633 bits per heavy atom. The van der Waals surface area contributed by atoms with Crippen molar-refractivity contribution in [1.29, 1.82) is 0 Å². The number of esters is 1. The number of rotatable bonds is 37. The van der Waals surface area contributed by atoms with Gasteiger partial charge in [0, 0.05) is 6.42 Å². The Bertz CT molecular complexity index is 843. The molecule has 0 N–H and O–H groups in total. The first-order valence-corrected chi connectivity index (χ1v) is 21.6. The molecule has 0 rings (SSSR count). The third kappa shape index (κ3) is 37.9. The molecule has 0 heterocycles. The zero-order valence-electron chi connectivity index (χ0n) is 32.6. The van der Waals surface area contributed by atoms with E-state index in [0.29, 0.717) is 11.0 Å². The standard InChI is InChI=1S/C40H78NO7P/c1-6-8-10-12-14-16-18-19-20-21-22-24-26-28-30-32-35-45-37-39(38-47-49(43,44)46-36-34-41(3,4)5)48-40(42)33-31-29-27-25-23-17-15-13-11-9-7-2/h13,15,32,35,39H,6-12,14,16-31,33-34,36-38H2,1-5H3/b15-13+,35-32+/t39-/m1/s1. The van der Waals surface area contributed by atoms with Crippen LogP contribution in [0.1, 0.15) is 174 Å². The lowest BCUT2D eigenvalue weighted by Gasteiger charge is -2.28. The summed E-state index contributed by atoms with van der Waals surface area (Å²) in [6.07, 6.45) is 37.1. The molecule has 0 saturated carbocycles. The number of likely N-dealkylation sites (N-methyl/N-ethyl adjacent to an activating group) is 1. The van der Waals surface area contributed by atoms with Gasteiger partial charge >= 0.3 is 5.97 Å². The van der Waals surface area contributed by atoms with Crippen LogP contribution in [0.4, 0.5) is 0 Å². The molecule has 0 saturated heterocycles. The first-order chi connectivity index (χ1) is 23.6. The summed E-state index contributed by atoms with van der Waals surface area (Å²) in [6.45, 7) is 4.69. The predicted octanol–water partition coefficient (Wildman–Crippen LogP) is 11.0. The number of nitrogens with zero attached hydrogens (tertiary/aromatic N) is 1. The molecule has 1 unspecified atom stereocenters. The van der Waals surface area contributed by atoms with E-state index < -0.39 is 13.9 Å². The SMILES string of the molecule is CCCC/C=C/CCCCCCCC(=O)O[C@H](CO/C=C/CCCCCCCCCCCCCCCC)COP(=O)([O-])OCC[N+](C)(C)C. The van der Waals surface area contributed by atoms with Crippen LogP contribution < -0.4 is 4.89 Å². The largest absolute Gasteiger partial charge is 0.756 e. The Hall–Kier alpha value is -1.18. The van der Waals surface area contributed by atoms with Gasteiger partial charge in [0.1, 0.15) is 19.8 Å². The van der Waals surface area contributed by atoms with Gasteiger partial charge in [-0.15, -0.1) is 0 Å². The van der Waals surface area contributed by atoms with Gasteiger partial charge in [-0.3, -0.25) is 9.36 Å². The van der Waals surface area contributed by atoms with Crippen LogP contribution in [0, 0.1) is 0 Å². The highest BCUT2D eigenvalue weighted by Crippen LogP contribution is 2.38. The fourth-order valence-corrected chi connectivity index (χ4v) is 6.10. The molecule has 0 radical (unpaired) electrons. The number of hydrogen-bond donors (Lipinski definition) is 0. The Kier molecular flexibility index (Phi) is 33.1. The van der Waals surface area contributed by atoms with Gasteiger partial charge in [-0.05, 0) is 44.6 Å². The zero-order chi connectivity index (χ0) is 36.3. The lowest BCUT2D eigenvalue weighted by Crippen LogP contribution is -2.37. The number of unbranched alkanes of at least 4 members (excludes halogenated alkanes) is 21. The summed E-state index contributed by atoms with van der Waals surface area (Å²) in [5.41, 5.74) is 0. The molecule has 0 bridgehead atoms. The van der Waals surface area contributed by atoms with Crippen LogP contribution in [0.5, 0.6) is 0 Å². The first-order valence-electron chi connectivity index (χ1n) is 20.1. The molecule has 0 aromatic heterocycles. The zero-order valence-corrected chi connectivity index (χ0v) is 33.5. The fourth-order valence-electron chi connectivity index (χ4n) is 5.37. The van der Waals surface area contributed by atoms with E-state index in [1.54, 1.807) is 6.26 Å². The molecule has 290 valence electrons. The fraction of sp³-hybridized carbons (Fsp3) is 0.875. The quantitative estimate of drug-likeness (QED) is 0.0158. The van der Waals surface area contributed by atoms with E-state index in [0.717, 1.165) is 44.9 Å². The third-order valence-corrected chi connectivity index (χ3v) is 9.53. The number of hydrogen-bond acceptors (Lipinski definition) is 7. The van der Waals surface area contributed by atoms with E-state index in [1.807, 2.05) is 27.2 Å². The lowest BCUT2D eigenvalue weighted by atomic mass is 10.0. The average Bonchev–Trinajstić information content (AvgIpc) is 3.04. The van der Waals surface area contributed by atoms with Crippen LogP contribution in [0.25, 0.3) is 0 Å². The molecule has 2 atom stereocenters. The minimum atomic E-state index is -4.53. The average molecular weight is 716 g/mol.